The van der Waals surface area contributed by atoms with E-state index in [4.69, 9.17) is 10.5 Å². The lowest BCUT2D eigenvalue weighted by atomic mass is 9.92. The lowest BCUT2D eigenvalue weighted by Crippen LogP contribution is -2.48. The normalized spacial score (nSPS) is 21.0. The van der Waals surface area contributed by atoms with Crippen molar-refractivity contribution in [3.05, 3.63) is 42.0 Å². The van der Waals surface area contributed by atoms with Crippen molar-refractivity contribution in [2.45, 2.75) is 57.3 Å². The predicted molar refractivity (Wildman–Crippen MR) is 129 cm³/mol. The Morgan fingerprint density at radius 1 is 1.11 bits per heavy atom. The van der Waals surface area contributed by atoms with Gasteiger partial charge in [0.1, 0.15) is 11.9 Å². The van der Waals surface area contributed by atoms with Gasteiger partial charge in [0.2, 0.25) is 11.8 Å². The highest BCUT2D eigenvalue weighted by Gasteiger charge is 2.33. The first-order valence-electron chi connectivity index (χ1n) is 12.1. The number of halogens is 3. The molecule has 2 heterocycles. The number of nitrogens with two attached hydrogens (primary N) is 1. The minimum absolute atomic E-state index is 0.00646. The van der Waals surface area contributed by atoms with Crippen LogP contribution >= 0.6 is 0 Å². The van der Waals surface area contributed by atoms with Crippen molar-refractivity contribution in [3.63, 3.8) is 0 Å². The predicted octanol–water partition coefficient (Wildman–Crippen LogP) is 4.54. The molecule has 35 heavy (non-hydrogen) atoms. The van der Waals surface area contributed by atoms with Crippen molar-refractivity contribution < 1.29 is 22.7 Å². The quantitative estimate of drug-likeness (QED) is 0.577. The number of hydrogen-bond donors (Lipinski definition) is 2. The lowest BCUT2D eigenvalue weighted by Gasteiger charge is -2.35. The second-order valence-electron chi connectivity index (χ2n) is 9.09. The Kier molecular flexibility index (Phi) is 7.57. The summed E-state index contributed by atoms with van der Waals surface area (Å²) >= 11 is 0. The van der Waals surface area contributed by atoms with Crippen molar-refractivity contribution >= 4 is 23.1 Å². The zero-order valence-electron chi connectivity index (χ0n) is 19.9. The van der Waals surface area contributed by atoms with Gasteiger partial charge in [-0.3, -0.25) is 4.79 Å². The molecule has 1 amide bonds. The van der Waals surface area contributed by atoms with E-state index in [0.717, 1.165) is 50.7 Å². The molecule has 3 N–H and O–H groups in total. The SMILES string of the molecule is CCC(=O)N1CCN(c2cccc(OC3CCC(Nc4ccc(N)c(C(F)(F)F)c4)CC3)n2)CC1. The highest BCUT2D eigenvalue weighted by atomic mass is 19.4. The third kappa shape index (κ3) is 6.29. The number of benzene rings is 1. The topological polar surface area (TPSA) is 83.7 Å². The monoisotopic (exact) mass is 491 g/mol. The molecule has 1 aliphatic heterocycles. The number of pyridine rings is 1. The third-order valence-electron chi connectivity index (χ3n) is 6.66. The van der Waals surface area contributed by atoms with Crippen LogP contribution in [-0.2, 0) is 11.0 Å². The molecule has 2 aliphatic rings. The van der Waals surface area contributed by atoms with E-state index in [0.29, 0.717) is 31.1 Å². The van der Waals surface area contributed by atoms with E-state index in [1.54, 1.807) is 6.07 Å². The summed E-state index contributed by atoms with van der Waals surface area (Å²) in [5, 5.41) is 3.21. The number of amides is 1. The minimum Gasteiger partial charge on any atom is -0.474 e. The van der Waals surface area contributed by atoms with Crippen molar-refractivity contribution in [1.82, 2.24) is 9.88 Å². The van der Waals surface area contributed by atoms with E-state index in [1.807, 2.05) is 30.0 Å². The second-order valence-corrected chi connectivity index (χ2v) is 9.09. The number of nitrogens with zero attached hydrogens (tertiary/aromatic N) is 3. The molecule has 1 aromatic heterocycles. The molecule has 1 aliphatic carbocycles. The van der Waals surface area contributed by atoms with E-state index in [-0.39, 0.29) is 23.7 Å². The standard InChI is InChI=1S/C25H32F3N5O2/c1-2-24(34)33-14-12-32(13-15-33)22-4-3-5-23(31-22)35-19-9-6-17(7-10-19)30-18-8-11-21(29)20(16-18)25(26,27)28/h3-5,8,11,16-17,19,30H,2,6-7,9-10,12-15,29H2,1H3. The average Bonchev–Trinajstić information content (AvgIpc) is 2.85. The second kappa shape index (κ2) is 10.6. The molecular weight excluding hydrogens is 459 g/mol. The van der Waals surface area contributed by atoms with Crippen LogP contribution < -0.4 is 20.7 Å². The Morgan fingerprint density at radius 2 is 1.83 bits per heavy atom. The fourth-order valence-electron chi connectivity index (χ4n) is 4.68. The first-order chi connectivity index (χ1) is 16.7. The van der Waals surface area contributed by atoms with Gasteiger partial charge in [-0.05, 0) is 49.9 Å². The number of nitrogen functional groups attached to an aromatic ring is 1. The van der Waals surface area contributed by atoms with Crippen LogP contribution in [0.25, 0.3) is 0 Å². The van der Waals surface area contributed by atoms with E-state index >= 15 is 0 Å². The number of ether oxygens (including phenoxy) is 1. The van der Waals surface area contributed by atoms with Gasteiger partial charge >= 0.3 is 6.18 Å². The van der Waals surface area contributed by atoms with Crippen molar-refractivity contribution in [3.8, 4) is 5.88 Å². The van der Waals surface area contributed by atoms with Gasteiger partial charge in [-0.25, -0.2) is 0 Å². The van der Waals surface area contributed by atoms with Crippen LogP contribution in [0.3, 0.4) is 0 Å². The Bertz CT molecular complexity index is 1020. The van der Waals surface area contributed by atoms with Gasteiger partial charge in [-0.1, -0.05) is 13.0 Å². The first kappa shape index (κ1) is 24.9. The van der Waals surface area contributed by atoms with Crippen molar-refractivity contribution in [1.29, 1.82) is 0 Å². The van der Waals surface area contributed by atoms with Gasteiger partial charge in [0, 0.05) is 56.1 Å². The Balaban J connectivity index is 1.28. The number of piperazine rings is 1. The molecule has 0 radical (unpaired) electrons. The summed E-state index contributed by atoms with van der Waals surface area (Å²) in [4.78, 5) is 20.6. The highest BCUT2D eigenvalue weighted by molar-refractivity contribution is 5.76. The molecular formula is C25H32F3N5O2. The van der Waals surface area contributed by atoms with Crippen LogP contribution in [0.1, 0.15) is 44.6 Å². The smallest absolute Gasteiger partial charge is 0.418 e. The fraction of sp³-hybridized carbons (Fsp3) is 0.520. The maximum atomic E-state index is 13.1. The summed E-state index contributed by atoms with van der Waals surface area (Å²) < 4.78 is 45.5. The number of anilines is 3. The van der Waals surface area contributed by atoms with Gasteiger partial charge in [-0.2, -0.15) is 18.2 Å². The molecule has 4 rings (SSSR count). The molecule has 2 fully saturated rings. The van der Waals surface area contributed by atoms with Crippen molar-refractivity contribution in [2.24, 2.45) is 0 Å². The van der Waals surface area contributed by atoms with E-state index in [9.17, 15) is 18.0 Å². The summed E-state index contributed by atoms with van der Waals surface area (Å²) in [5.74, 6) is 1.58. The van der Waals surface area contributed by atoms with Crippen LogP contribution in [-0.4, -0.2) is 54.1 Å². The number of nitrogens with one attached hydrogen (secondary N) is 1. The summed E-state index contributed by atoms with van der Waals surface area (Å²) in [6, 6.07) is 9.74. The number of aromatic nitrogens is 1. The number of carbonyl (C=O) groups is 1. The van der Waals surface area contributed by atoms with Crippen LogP contribution in [0.2, 0.25) is 0 Å². The van der Waals surface area contributed by atoms with Gasteiger partial charge in [-0.15, -0.1) is 0 Å². The van der Waals surface area contributed by atoms with Gasteiger partial charge in [0.25, 0.3) is 0 Å². The van der Waals surface area contributed by atoms with E-state index in [2.05, 4.69) is 15.2 Å². The number of carbonyl (C=O) groups excluding carboxylic acids is 1. The van der Waals surface area contributed by atoms with Crippen LogP contribution in [0.5, 0.6) is 5.88 Å². The molecule has 0 bridgehead atoms. The Hall–Kier alpha value is -3.17. The summed E-state index contributed by atoms with van der Waals surface area (Å²) in [5.41, 5.74) is 4.83. The fourth-order valence-corrected chi connectivity index (χ4v) is 4.68. The molecule has 0 unspecified atom stereocenters. The molecule has 1 saturated carbocycles. The first-order valence-corrected chi connectivity index (χ1v) is 12.1. The maximum Gasteiger partial charge on any atom is 0.418 e. The lowest BCUT2D eigenvalue weighted by molar-refractivity contribution is -0.137. The van der Waals surface area contributed by atoms with E-state index < -0.39 is 11.7 Å². The summed E-state index contributed by atoms with van der Waals surface area (Å²) in [6.07, 6.45) is -0.826. The average molecular weight is 492 g/mol. The van der Waals surface area contributed by atoms with Crippen LogP contribution in [0.15, 0.2) is 36.4 Å². The summed E-state index contributed by atoms with van der Waals surface area (Å²) in [6.45, 7) is 4.73. The highest BCUT2D eigenvalue weighted by Crippen LogP contribution is 2.36. The van der Waals surface area contributed by atoms with Crippen LogP contribution in [0.4, 0.5) is 30.4 Å². The minimum atomic E-state index is -4.48. The molecule has 1 aromatic carbocycles. The molecule has 0 spiro atoms. The molecule has 2 aromatic rings. The number of alkyl halides is 3. The number of rotatable bonds is 6. The van der Waals surface area contributed by atoms with Gasteiger partial charge < -0.3 is 25.6 Å². The molecule has 0 atom stereocenters. The molecule has 190 valence electrons. The summed E-state index contributed by atoms with van der Waals surface area (Å²) in [7, 11) is 0. The Labute approximate surface area is 203 Å². The molecule has 7 nitrogen and oxygen atoms in total. The van der Waals surface area contributed by atoms with E-state index in [1.165, 1.54) is 6.07 Å². The van der Waals surface area contributed by atoms with Crippen LogP contribution in [0, 0.1) is 0 Å². The molecule has 1 saturated heterocycles. The number of hydrogen-bond acceptors (Lipinski definition) is 6. The Morgan fingerprint density at radius 3 is 2.49 bits per heavy atom. The third-order valence-corrected chi connectivity index (χ3v) is 6.66. The largest absolute Gasteiger partial charge is 0.474 e. The van der Waals surface area contributed by atoms with Gasteiger partial charge in [0.05, 0.1) is 5.56 Å². The zero-order valence-corrected chi connectivity index (χ0v) is 19.9. The zero-order chi connectivity index (χ0) is 25.0. The van der Waals surface area contributed by atoms with Gasteiger partial charge in [0.15, 0.2) is 0 Å². The molecule has 10 heteroatoms. The van der Waals surface area contributed by atoms with Crippen molar-refractivity contribution in [2.75, 3.05) is 42.1 Å². The maximum absolute atomic E-state index is 13.1.